The molecule has 0 radical (unpaired) electrons. The van der Waals surface area contributed by atoms with E-state index in [1.807, 2.05) is 6.07 Å². The Kier molecular flexibility index (Phi) is 3.30. The average molecular weight is 241 g/mol. The molecule has 1 aromatic heterocycles. The van der Waals surface area contributed by atoms with Crippen LogP contribution in [0.4, 0.5) is 5.69 Å². The fourth-order valence-electron chi connectivity index (χ4n) is 1.47. The number of hydrogen-bond acceptors (Lipinski definition) is 5. The van der Waals surface area contributed by atoms with Crippen LogP contribution in [0.15, 0.2) is 36.5 Å². The average Bonchev–Trinajstić information content (AvgIpc) is 2.41. The van der Waals surface area contributed by atoms with Crippen molar-refractivity contribution >= 4 is 5.69 Å². The lowest BCUT2D eigenvalue weighted by molar-refractivity contribution is 0.305. The molecule has 0 spiro atoms. The molecule has 0 aliphatic heterocycles. The van der Waals surface area contributed by atoms with Crippen molar-refractivity contribution < 1.29 is 9.84 Å². The van der Waals surface area contributed by atoms with Crippen LogP contribution in [0.3, 0.4) is 0 Å². The first-order chi connectivity index (χ1) is 8.72. The van der Waals surface area contributed by atoms with Crippen LogP contribution in [-0.2, 0) is 6.61 Å². The van der Waals surface area contributed by atoms with Gasteiger partial charge < -0.3 is 15.6 Å². The van der Waals surface area contributed by atoms with E-state index in [1.54, 1.807) is 30.5 Å². The largest absolute Gasteiger partial charge is 0.506 e. The maximum atomic E-state index is 9.43. The zero-order chi connectivity index (χ0) is 13.0. The maximum Gasteiger partial charge on any atom is 0.147 e. The Morgan fingerprint density at radius 1 is 1.33 bits per heavy atom. The van der Waals surface area contributed by atoms with Crippen molar-refractivity contribution in [3.8, 4) is 17.6 Å². The summed E-state index contributed by atoms with van der Waals surface area (Å²) in [5.74, 6) is 0.349. The molecule has 0 aliphatic rings. The van der Waals surface area contributed by atoms with Crippen LogP contribution >= 0.6 is 0 Å². The minimum atomic E-state index is -0.0285. The van der Waals surface area contributed by atoms with Gasteiger partial charge in [0.2, 0.25) is 0 Å². The van der Waals surface area contributed by atoms with Gasteiger partial charge in [0.05, 0.1) is 0 Å². The number of ether oxygens (including phenoxy) is 1. The molecule has 1 aromatic carbocycles. The molecule has 5 heteroatoms. The summed E-state index contributed by atoms with van der Waals surface area (Å²) in [6.07, 6.45) is 1.55. The van der Waals surface area contributed by atoms with Crippen LogP contribution in [0.1, 0.15) is 11.3 Å². The third kappa shape index (κ3) is 2.33. The van der Waals surface area contributed by atoms with E-state index in [9.17, 15) is 5.11 Å². The fraction of sp³-hybridized carbons (Fsp3) is 0.0769. The van der Waals surface area contributed by atoms with Gasteiger partial charge in [0.1, 0.15) is 35.6 Å². The number of aromatic hydroxyl groups is 1. The molecule has 18 heavy (non-hydrogen) atoms. The topological polar surface area (TPSA) is 92.2 Å². The highest BCUT2D eigenvalue weighted by atomic mass is 16.5. The third-order valence-electron chi connectivity index (χ3n) is 2.42. The van der Waals surface area contributed by atoms with Gasteiger partial charge in [-0.3, -0.25) is 0 Å². The predicted molar refractivity (Wildman–Crippen MR) is 65.8 cm³/mol. The number of pyridine rings is 1. The van der Waals surface area contributed by atoms with Crippen molar-refractivity contribution in [3.63, 3.8) is 0 Å². The zero-order valence-electron chi connectivity index (χ0n) is 9.50. The number of nitrogens with two attached hydrogens (primary N) is 1. The molecular formula is C13H11N3O2. The number of nitrogen functional groups attached to an aromatic ring is 1. The lowest BCUT2D eigenvalue weighted by Crippen LogP contribution is -2.01. The molecule has 0 fully saturated rings. The SMILES string of the molecule is N#Cc1ncccc1COc1cccc(O)c1N. The van der Waals surface area contributed by atoms with Crippen molar-refractivity contribution in [1.29, 1.82) is 5.26 Å². The van der Waals surface area contributed by atoms with Gasteiger partial charge in [-0.15, -0.1) is 0 Å². The third-order valence-corrected chi connectivity index (χ3v) is 2.42. The van der Waals surface area contributed by atoms with Crippen LogP contribution in [-0.4, -0.2) is 10.1 Å². The second-order valence-corrected chi connectivity index (χ2v) is 3.60. The molecule has 2 rings (SSSR count). The number of benzene rings is 1. The molecule has 0 unspecified atom stereocenters. The fourth-order valence-corrected chi connectivity index (χ4v) is 1.47. The second kappa shape index (κ2) is 5.06. The van der Waals surface area contributed by atoms with E-state index >= 15 is 0 Å². The first-order valence-corrected chi connectivity index (χ1v) is 5.26. The van der Waals surface area contributed by atoms with Gasteiger partial charge in [0.25, 0.3) is 0 Å². The van der Waals surface area contributed by atoms with Gasteiger partial charge in [-0.05, 0) is 18.2 Å². The number of phenols is 1. The normalized spacial score (nSPS) is 9.72. The highest BCUT2D eigenvalue weighted by molar-refractivity contribution is 5.61. The first kappa shape index (κ1) is 11.7. The van der Waals surface area contributed by atoms with Crippen molar-refractivity contribution in [3.05, 3.63) is 47.8 Å². The molecule has 2 aromatic rings. The first-order valence-electron chi connectivity index (χ1n) is 5.26. The van der Waals surface area contributed by atoms with Crippen LogP contribution in [0, 0.1) is 11.3 Å². The molecule has 90 valence electrons. The van der Waals surface area contributed by atoms with Gasteiger partial charge in [0, 0.05) is 11.8 Å². The number of rotatable bonds is 3. The van der Waals surface area contributed by atoms with Crippen molar-refractivity contribution in [1.82, 2.24) is 4.98 Å². The Hall–Kier alpha value is -2.74. The molecule has 0 atom stereocenters. The van der Waals surface area contributed by atoms with Gasteiger partial charge in [-0.2, -0.15) is 5.26 Å². The summed E-state index contributed by atoms with van der Waals surface area (Å²) in [4.78, 5) is 3.93. The van der Waals surface area contributed by atoms with Gasteiger partial charge in [-0.25, -0.2) is 4.98 Å². The van der Waals surface area contributed by atoms with Gasteiger partial charge >= 0.3 is 0 Å². The van der Waals surface area contributed by atoms with Gasteiger partial charge in [0.15, 0.2) is 0 Å². The standard InChI is InChI=1S/C13H11N3O2/c14-7-10-9(3-2-6-16-10)8-18-12-5-1-4-11(17)13(12)15/h1-6,17H,8,15H2. The summed E-state index contributed by atoms with van der Waals surface area (Å²) in [7, 11) is 0. The van der Waals surface area contributed by atoms with Crippen LogP contribution in [0.25, 0.3) is 0 Å². The van der Waals surface area contributed by atoms with E-state index < -0.39 is 0 Å². The number of phenolic OH excluding ortho intramolecular Hbond substituents is 1. The highest BCUT2D eigenvalue weighted by Gasteiger charge is 2.07. The Bertz CT molecular complexity index is 605. The van der Waals surface area contributed by atoms with Crippen LogP contribution in [0.5, 0.6) is 11.5 Å². The van der Waals surface area contributed by atoms with E-state index in [0.29, 0.717) is 17.0 Å². The quantitative estimate of drug-likeness (QED) is 0.631. The summed E-state index contributed by atoms with van der Waals surface area (Å²) in [5, 5.41) is 18.3. The molecule has 0 amide bonds. The number of hydrogen-bond donors (Lipinski definition) is 2. The van der Waals surface area contributed by atoms with Crippen LogP contribution in [0.2, 0.25) is 0 Å². The monoisotopic (exact) mass is 241 g/mol. The summed E-state index contributed by atoms with van der Waals surface area (Å²) < 4.78 is 5.47. The summed E-state index contributed by atoms with van der Waals surface area (Å²) in [6, 6.07) is 10.2. The molecular weight excluding hydrogens is 230 g/mol. The number of anilines is 1. The summed E-state index contributed by atoms with van der Waals surface area (Å²) in [5.41, 5.74) is 6.83. The smallest absolute Gasteiger partial charge is 0.147 e. The Balaban J connectivity index is 2.17. The molecule has 0 bridgehead atoms. The predicted octanol–water partition coefficient (Wildman–Crippen LogP) is 1.82. The number of para-hydroxylation sites is 1. The number of nitrogens with zero attached hydrogens (tertiary/aromatic N) is 2. The second-order valence-electron chi connectivity index (χ2n) is 3.60. The molecule has 1 heterocycles. The summed E-state index contributed by atoms with van der Waals surface area (Å²) in [6.45, 7) is 0.171. The zero-order valence-corrected chi connectivity index (χ0v) is 9.50. The van der Waals surface area contributed by atoms with Gasteiger partial charge in [-0.1, -0.05) is 12.1 Å². The van der Waals surface area contributed by atoms with E-state index in [1.165, 1.54) is 6.07 Å². The lowest BCUT2D eigenvalue weighted by Gasteiger charge is -2.10. The van der Waals surface area contributed by atoms with Crippen molar-refractivity contribution in [2.45, 2.75) is 6.61 Å². The molecule has 5 nitrogen and oxygen atoms in total. The van der Waals surface area contributed by atoms with E-state index in [4.69, 9.17) is 15.7 Å². The molecule has 0 saturated heterocycles. The number of nitriles is 1. The summed E-state index contributed by atoms with van der Waals surface area (Å²) >= 11 is 0. The van der Waals surface area contributed by atoms with E-state index in [0.717, 1.165) is 0 Å². The molecule has 3 N–H and O–H groups in total. The minimum Gasteiger partial charge on any atom is -0.506 e. The van der Waals surface area contributed by atoms with Crippen molar-refractivity contribution in [2.75, 3.05) is 5.73 Å². The minimum absolute atomic E-state index is 0.0285. The highest BCUT2D eigenvalue weighted by Crippen LogP contribution is 2.30. The Morgan fingerprint density at radius 3 is 2.94 bits per heavy atom. The lowest BCUT2D eigenvalue weighted by atomic mass is 10.2. The van der Waals surface area contributed by atoms with Crippen LogP contribution < -0.4 is 10.5 Å². The van der Waals surface area contributed by atoms with E-state index in [2.05, 4.69) is 4.98 Å². The number of aromatic nitrogens is 1. The maximum absolute atomic E-state index is 9.43. The molecule has 0 saturated carbocycles. The molecule has 0 aliphatic carbocycles. The Morgan fingerprint density at radius 2 is 2.17 bits per heavy atom. The van der Waals surface area contributed by atoms with E-state index in [-0.39, 0.29) is 18.0 Å². The Labute approximate surface area is 104 Å². The van der Waals surface area contributed by atoms with Crippen molar-refractivity contribution in [2.24, 2.45) is 0 Å².